The topological polar surface area (TPSA) is 61.8 Å². The normalized spacial score (nSPS) is 9.29. The molecule has 0 fully saturated rings. The molecule has 0 unspecified atom stereocenters. The van der Waals surface area contributed by atoms with Crippen LogP contribution in [0.1, 0.15) is 20.7 Å². The van der Waals surface area contributed by atoms with Gasteiger partial charge in [0.15, 0.2) is 0 Å². The van der Waals surface area contributed by atoms with Crippen LogP contribution in [0, 0.1) is 0 Å². The fourth-order valence-electron chi connectivity index (χ4n) is 1.26. The molecule has 0 amide bonds. The van der Waals surface area contributed by atoms with Gasteiger partial charge in [0.1, 0.15) is 5.75 Å². The van der Waals surface area contributed by atoms with Crippen molar-refractivity contribution in [2.24, 2.45) is 0 Å². The van der Waals surface area contributed by atoms with Crippen LogP contribution in [0.5, 0.6) is 5.75 Å². The van der Waals surface area contributed by atoms with Crippen LogP contribution in [0.2, 0.25) is 0 Å². The maximum atomic E-state index is 11.5. The Bertz CT molecular complexity index is 450. The molecule has 0 saturated heterocycles. The third kappa shape index (κ3) is 2.84. The predicted molar refractivity (Wildman–Crippen MR) is 59.9 cm³/mol. The minimum Gasteiger partial charge on any atom is -0.466 e. The summed E-state index contributed by atoms with van der Waals surface area (Å²) in [6.07, 6.45) is 1.22. The van der Waals surface area contributed by atoms with Crippen LogP contribution in [0.15, 0.2) is 31.0 Å². The average molecular weight is 236 g/mol. The van der Waals surface area contributed by atoms with Crippen molar-refractivity contribution in [3.05, 3.63) is 42.2 Å². The predicted octanol–water partition coefficient (Wildman–Crippen LogP) is 1.78. The molecule has 1 rings (SSSR count). The van der Waals surface area contributed by atoms with Crippen molar-refractivity contribution in [2.45, 2.75) is 0 Å². The van der Waals surface area contributed by atoms with Gasteiger partial charge in [-0.2, -0.15) is 0 Å². The maximum Gasteiger partial charge on any atom is 0.338 e. The SMILES string of the molecule is C=COc1ccc(C(=O)OC)c(C(=O)OC)c1. The molecule has 0 aromatic heterocycles. The van der Waals surface area contributed by atoms with Gasteiger partial charge in [-0.3, -0.25) is 0 Å². The Morgan fingerprint density at radius 2 is 1.71 bits per heavy atom. The fraction of sp³-hybridized carbons (Fsp3) is 0.167. The Morgan fingerprint density at radius 1 is 1.12 bits per heavy atom. The van der Waals surface area contributed by atoms with E-state index < -0.39 is 11.9 Å². The highest BCUT2D eigenvalue weighted by molar-refractivity contribution is 6.03. The van der Waals surface area contributed by atoms with E-state index in [2.05, 4.69) is 16.1 Å². The monoisotopic (exact) mass is 236 g/mol. The van der Waals surface area contributed by atoms with E-state index in [9.17, 15) is 9.59 Å². The van der Waals surface area contributed by atoms with Crippen LogP contribution < -0.4 is 4.74 Å². The third-order valence-corrected chi connectivity index (χ3v) is 2.02. The molecule has 0 radical (unpaired) electrons. The summed E-state index contributed by atoms with van der Waals surface area (Å²) in [5.41, 5.74) is 0.203. The van der Waals surface area contributed by atoms with Gasteiger partial charge in [0.05, 0.1) is 31.6 Å². The van der Waals surface area contributed by atoms with Gasteiger partial charge < -0.3 is 14.2 Å². The molecular formula is C12H12O5. The van der Waals surface area contributed by atoms with Crippen LogP contribution in [-0.4, -0.2) is 26.2 Å². The second-order valence-corrected chi connectivity index (χ2v) is 2.98. The van der Waals surface area contributed by atoms with E-state index in [4.69, 9.17) is 4.74 Å². The van der Waals surface area contributed by atoms with Gasteiger partial charge in [-0.15, -0.1) is 0 Å². The van der Waals surface area contributed by atoms with Gasteiger partial charge in [-0.05, 0) is 18.2 Å². The molecule has 0 aliphatic carbocycles. The van der Waals surface area contributed by atoms with E-state index in [1.165, 1.54) is 38.7 Å². The molecular weight excluding hydrogens is 224 g/mol. The Kier molecular flexibility index (Phi) is 4.28. The fourth-order valence-corrected chi connectivity index (χ4v) is 1.26. The molecule has 90 valence electrons. The molecule has 0 N–H and O–H groups in total. The summed E-state index contributed by atoms with van der Waals surface area (Å²) in [6, 6.07) is 4.34. The Hall–Kier alpha value is -2.30. The second-order valence-electron chi connectivity index (χ2n) is 2.98. The average Bonchev–Trinajstić information content (AvgIpc) is 2.37. The van der Waals surface area contributed by atoms with E-state index in [0.717, 1.165) is 0 Å². The zero-order valence-corrected chi connectivity index (χ0v) is 9.56. The van der Waals surface area contributed by atoms with E-state index in [1.54, 1.807) is 0 Å². The van der Waals surface area contributed by atoms with Gasteiger partial charge in [-0.1, -0.05) is 6.58 Å². The van der Waals surface area contributed by atoms with Crippen molar-refractivity contribution < 1.29 is 23.8 Å². The lowest BCUT2D eigenvalue weighted by molar-refractivity contribution is 0.0555. The first-order chi connectivity index (χ1) is 8.13. The summed E-state index contributed by atoms with van der Waals surface area (Å²) in [5.74, 6) is -0.872. The molecule has 0 heterocycles. The number of esters is 2. The Morgan fingerprint density at radius 3 is 2.24 bits per heavy atom. The van der Waals surface area contributed by atoms with Gasteiger partial charge in [0.25, 0.3) is 0 Å². The van der Waals surface area contributed by atoms with Crippen molar-refractivity contribution >= 4 is 11.9 Å². The third-order valence-electron chi connectivity index (χ3n) is 2.02. The van der Waals surface area contributed by atoms with E-state index in [0.29, 0.717) is 5.75 Å². The first-order valence-electron chi connectivity index (χ1n) is 4.72. The number of carbonyl (C=O) groups excluding carboxylic acids is 2. The number of hydrogen-bond donors (Lipinski definition) is 0. The van der Waals surface area contributed by atoms with Crippen molar-refractivity contribution in [3.63, 3.8) is 0 Å². The molecule has 0 saturated carbocycles. The molecule has 17 heavy (non-hydrogen) atoms. The van der Waals surface area contributed by atoms with E-state index >= 15 is 0 Å². The number of benzene rings is 1. The quantitative estimate of drug-likeness (QED) is 0.589. The summed E-state index contributed by atoms with van der Waals surface area (Å²) in [6.45, 7) is 3.39. The number of carbonyl (C=O) groups is 2. The molecule has 1 aromatic carbocycles. The summed E-state index contributed by atoms with van der Waals surface area (Å²) >= 11 is 0. The van der Waals surface area contributed by atoms with Gasteiger partial charge in [0, 0.05) is 0 Å². The minimum absolute atomic E-state index is 0.0821. The smallest absolute Gasteiger partial charge is 0.338 e. The number of methoxy groups -OCH3 is 2. The molecule has 1 aromatic rings. The summed E-state index contributed by atoms with van der Waals surface area (Å²) in [5, 5.41) is 0. The highest BCUT2D eigenvalue weighted by Gasteiger charge is 2.19. The Balaban J connectivity index is 3.25. The standard InChI is InChI=1S/C12H12O5/c1-4-17-8-5-6-9(11(13)15-2)10(7-8)12(14)16-3/h4-7H,1H2,2-3H3. The maximum absolute atomic E-state index is 11.5. The Labute approximate surface area is 98.6 Å². The van der Waals surface area contributed by atoms with Crippen LogP contribution in [0.3, 0.4) is 0 Å². The number of hydrogen-bond acceptors (Lipinski definition) is 5. The lowest BCUT2D eigenvalue weighted by Crippen LogP contribution is -2.11. The highest BCUT2D eigenvalue weighted by atomic mass is 16.5. The summed E-state index contributed by atoms with van der Waals surface area (Å²) < 4.78 is 14.2. The van der Waals surface area contributed by atoms with Crippen molar-refractivity contribution in [1.82, 2.24) is 0 Å². The molecule has 0 bridgehead atoms. The summed E-state index contributed by atoms with van der Waals surface area (Å²) in [7, 11) is 2.46. The van der Waals surface area contributed by atoms with Gasteiger partial charge in [0.2, 0.25) is 0 Å². The molecule has 0 aliphatic heterocycles. The molecule has 0 aliphatic rings. The van der Waals surface area contributed by atoms with E-state index in [-0.39, 0.29) is 11.1 Å². The lowest BCUT2D eigenvalue weighted by Gasteiger charge is -2.08. The van der Waals surface area contributed by atoms with Crippen molar-refractivity contribution in [1.29, 1.82) is 0 Å². The van der Waals surface area contributed by atoms with Crippen LogP contribution in [-0.2, 0) is 9.47 Å². The van der Waals surface area contributed by atoms with E-state index in [1.807, 2.05) is 0 Å². The first-order valence-corrected chi connectivity index (χ1v) is 4.72. The molecule has 5 nitrogen and oxygen atoms in total. The molecule has 0 atom stereocenters. The van der Waals surface area contributed by atoms with Crippen molar-refractivity contribution in [2.75, 3.05) is 14.2 Å². The molecule has 5 heteroatoms. The number of ether oxygens (including phenoxy) is 3. The van der Waals surface area contributed by atoms with Crippen molar-refractivity contribution in [3.8, 4) is 5.75 Å². The lowest BCUT2D eigenvalue weighted by atomic mass is 10.1. The van der Waals surface area contributed by atoms with Crippen LogP contribution in [0.25, 0.3) is 0 Å². The minimum atomic E-state index is -0.639. The molecule has 0 spiro atoms. The van der Waals surface area contributed by atoms with Gasteiger partial charge >= 0.3 is 11.9 Å². The van der Waals surface area contributed by atoms with Gasteiger partial charge in [-0.25, -0.2) is 9.59 Å². The number of rotatable bonds is 4. The zero-order valence-electron chi connectivity index (χ0n) is 9.56. The van der Waals surface area contributed by atoms with Crippen LogP contribution in [0.4, 0.5) is 0 Å². The first kappa shape index (κ1) is 12.8. The largest absolute Gasteiger partial charge is 0.466 e. The van der Waals surface area contributed by atoms with Crippen LogP contribution >= 0.6 is 0 Å². The highest BCUT2D eigenvalue weighted by Crippen LogP contribution is 2.19. The summed E-state index contributed by atoms with van der Waals surface area (Å²) in [4.78, 5) is 22.9. The zero-order chi connectivity index (χ0) is 12.8. The second kappa shape index (κ2) is 5.69.